The first kappa shape index (κ1) is 18.7. The van der Waals surface area contributed by atoms with Gasteiger partial charge in [0, 0.05) is 37.3 Å². The highest BCUT2D eigenvalue weighted by Gasteiger charge is 2.42. The number of hydrogen-bond acceptors (Lipinski definition) is 7. The smallest absolute Gasteiger partial charge is 0.291 e. The van der Waals surface area contributed by atoms with Crippen LogP contribution in [0.2, 0.25) is 0 Å². The number of nitrogens with one attached hydrogen (secondary N) is 1. The van der Waals surface area contributed by atoms with Crippen molar-refractivity contribution in [3.8, 4) is 5.95 Å². The Morgan fingerprint density at radius 1 is 1.23 bits per heavy atom. The quantitative estimate of drug-likeness (QED) is 0.640. The Kier molecular flexibility index (Phi) is 4.46. The van der Waals surface area contributed by atoms with E-state index in [1.807, 2.05) is 35.7 Å². The molecule has 3 atom stereocenters. The largest absolute Gasteiger partial charge is 0.335 e. The van der Waals surface area contributed by atoms with Crippen molar-refractivity contribution in [3.63, 3.8) is 0 Å². The van der Waals surface area contributed by atoms with Crippen molar-refractivity contribution < 1.29 is 4.79 Å². The van der Waals surface area contributed by atoms with Gasteiger partial charge >= 0.3 is 0 Å². The molecule has 0 spiro atoms. The van der Waals surface area contributed by atoms with Crippen LogP contribution in [-0.4, -0.2) is 83.9 Å². The van der Waals surface area contributed by atoms with Crippen LogP contribution in [0.3, 0.4) is 0 Å². The minimum absolute atomic E-state index is 0.0258. The molecule has 11 nitrogen and oxygen atoms in total. The number of nitrogens with zero attached hydrogens (tertiary/aromatic N) is 8. The molecule has 11 heteroatoms. The highest BCUT2D eigenvalue weighted by molar-refractivity contribution is 5.90. The molecule has 2 aliphatic rings. The van der Waals surface area contributed by atoms with Gasteiger partial charge in [0.2, 0.25) is 5.82 Å². The highest BCUT2D eigenvalue weighted by atomic mass is 16.2. The minimum Gasteiger partial charge on any atom is -0.335 e. The van der Waals surface area contributed by atoms with Crippen LogP contribution in [0, 0.1) is 5.92 Å². The van der Waals surface area contributed by atoms with E-state index in [9.17, 15) is 9.59 Å². The Balaban J connectivity index is 1.45. The molecule has 0 aliphatic carbocycles. The Labute approximate surface area is 172 Å². The first-order chi connectivity index (χ1) is 14.5. The zero-order chi connectivity index (χ0) is 20.8. The van der Waals surface area contributed by atoms with E-state index in [1.54, 1.807) is 6.07 Å². The van der Waals surface area contributed by atoms with E-state index >= 15 is 0 Å². The van der Waals surface area contributed by atoms with Crippen LogP contribution in [-0.2, 0) is 0 Å². The summed E-state index contributed by atoms with van der Waals surface area (Å²) in [4.78, 5) is 34.1. The number of rotatable bonds is 4. The zero-order valence-corrected chi connectivity index (χ0v) is 16.8. The molecule has 3 aromatic heterocycles. The monoisotopic (exact) mass is 409 g/mol. The van der Waals surface area contributed by atoms with Crippen LogP contribution in [0.1, 0.15) is 34.7 Å². The fourth-order valence-corrected chi connectivity index (χ4v) is 4.74. The van der Waals surface area contributed by atoms with Crippen LogP contribution in [0.5, 0.6) is 0 Å². The summed E-state index contributed by atoms with van der Waals surface area (Å²) in [7, 11) is 4.01. The van der Waals surface area contributed by atoms with Gasteiger partial charge in [0.1, 0.15) is 12.7 Å². The van der Waals surface area contributed by atoms with Gasteiger partial charge in [-0.25, -0.2) is 0 Å². The molecule has 1 saturated heterocycles. The van der Waals surface area contributed by atoms with Gasteiger partial charge in [0.15, 0.2) is 0 Å². The lowest BCUT2D eigenvalue weighted by Gasteiger charge is -2.47. The summed E-state index contributed by atoms with van der Waals surface area (Å²) >= 11 is 0. The fraction of sp³-hybridized carbons (Fsp3) is 0.474. The molecule has 1 fully saturated rings. The van der Waals surface area contributed by atoms with E-state index < -0.39 is 0 Å². The molecule has 5 heterocycles. The number of carbonyl (C=O) groups is 1. The predicted molar refractivity (Wildman–Crippen MR) is 106 cm³/mol. The summed E-state index contributed by atoms with van der Waals surface area (Å²) in [6.45, 7) is 1.88. The lowest BCUT2D eigenvalue weighted by atomic mass is 9.78. The molecule has 1 amide bonds. The summed E-state index contributed by atoms with van der Waals surface area (Å²) in [5.74, 6) is 0.645. The van der Waals surface area contributed by atoms with E-state index in [4.69, 9.17) is 0 Å². The maximum absolute atomic E-state index is 13.2. The van der Waals surface area contributed by atoms with Crippen molar-refractivity contribution in [2.24, 2.45) is 5.92 Å². The lowest BCUT2D eigenvalue weighted by molar-refractivity contribution is 0.0488. The number of pyridine rings is 1. The van der Waals surface area contributed by atoms with Gasteiger partial charge in [-0.05, 0) is 32.5 Å². The predicted octanol–water partition coefficient (Wildman–Crippen LogP) is -0.0907. The fourth-order valence-electron chi connectivity index (χ4n) is 4.74. The van der Waals surface area contributed by atoms with E-state index in [0.717, 1.165) is 18.7 Å². The molecule has 30 heavy (non-hydrogen) atoms. The van der Waals surface area contributed by atoms with Gasteiger partial charge in [-0.2, -0.15) is 4.98 Å². The van der Waals surface area contributed by atoms with Gasteiger partial charge in [0.05, 0.1) is 6.04 Å². The van der Waals surface area contributed by atoms with E-state index in [0.29, 0.717) is 19.0 Å². The number of fused-ring (bicyclic) bond motifs is 4. The summed E-state index contributed by atoms with van der Waals surface area (Å²) in [6.07, 6.45) is 3.92. The Morgan fingerprint density at radius 3 is 2.80 bits per heavy atom. The van der Waals surface area contributed by atoms with Gasteiger partial charge < -0.3 is 14.4 Å². The van der Waals surface area contributed by atoms with Crippen LogP contribution in [0.15, 0.2) is 35.6 Å². The maximum Gasteiger partial charge on any atom is 0.291 e. The average molecular weight is 409 g/mol. The number of piperidine rings is 1. The molecule has 2 bridgehead atoms. The van der Waals surface area contributed by atoms with Crippen molar-refractivity contribution >= 4 is 5.91 Å². The second kappa shape index (κ2) is 7.17. The highest BCUT2D eigenvalue weighted by Crippen LogP contribution is 2.41. The molecule has 0 aromatic carbocycles. The number of aromatic amines is 1. The molecule has 0 saturated carbocycles. The Bertz CT molecular complexity index is 1120. The number of hydrogen-bond donors (Lipinski definition) is 1. The molecule has 156 valence electrons. The second-order valence-electron chi connectivity index (χ2n) is 8.24. The number of H-pyrrole nitrogens is 1. The zero-order valence-electron chi connectivity index (χ0n) is 16.8. The first-order valence-electron chi connectivity index (χ1n) is 9.94. The van der Waals surface area contributed by atoms with Gasteiger partial charge in [-0.1, -0.05) is 6.07 Å². The van der Waals surface area contributed by atoms with Crippen molar-refractivity contribution in [3.05, 3.63) is 52.7 Å². The molecule has 1 N–H and O–H groups in total. The molecule has 0 radical (unpaired) electrons. The topological polar surface area (TPSA) is 118 Å². The number of amides is 1. The summed E-state index contributed by atoms with van der Waals surface area (Å²) in [6, 6.07) is 5.47. The van der Waals surface area contributed by atoms with Gasteiger partial charge in [-0.15, -0.1) is 15.3 Å². The Morgan fingerprint density at radius 2 is 2.03 bits per heavy atom. The lowest BCUT2D eigenvalue weighted by Crippen LogP contribution is -2.53. The van der Waals surface area contributed by atoms with E-state index in [-0.39, 0.29) is 35.2 Å². The third-order valence-electron chi connectivity index (χ3n) is 5.96. The number of likely N-dealkylation sites (N-methyl/N-ethyl adjacent to an activating group) is 1. The standard InChI is InChI=1S/C19H23N9O2/c1-25(2)9-15-13-6-12(14-4-3-5-16(29)28(14)15)7-26(8-13)18(30)17-22-19(24-23-17)27-10-20-21-11-27/h3-5,10-13,15H,6-9H2,1-2H3,(H,22,23,24)/t12-,13+,15+/m1/s1. The first-order valence-corrected chi connectivity index (χ1v) is 9.94. The summed E-state index contributed by atoms with van der Waals surface area (Å²) in [5, 5.41) is 14.3. The van der Waals surface area contributed by atoms with Gasteiger partial charge in [0.25, 0.3) is 17.4 Å². The number of likely N-dealkylation sites (tertiary alicyclic amines) is 1. The molecular formula is C19H23N9O2. The molecule has 0 unspecified atom stereocenters. The maximum atomic E-state index is 13.2. The molecule has 3 aromatic rings. The third-order valence-corrected chi connectivity index (χ3v) is 5.96. The van der Waals surface area contributed by atoms with Crippen LogP contribution >= 0.6 is 0 Å². The van der Waals surface area contributed by atoms with Crippen LogP contribution in [0.25, 0.3) is 5.95 Å². The Hall–Kier alpha value is -3.34. The third kappa shape index (κ3) is 3.11. The van der Waals surface area contributed by atoms with Gasteiger partial charge in [-0.3, -0.25) is 19.3 Å². The van der Waals surface area contributed by atoms with Crippen molar-refractivity contribution in [1.29, 1.82) is 0 Å². The van der Waals surface area contributed by atoms with Crippen LogP contribution in [0.4, 0.5) is 0 Å². The van der Waals surface area contributed by atoms with Crippen molar-refractivity contribution in [1.82, 2.24) is 44.3 Å². The second-order valence-corrected chi connectivity index (χ2v) is 8.24. The average Bonchev–Trinajstić information content (AvgIpc) is 3.42. The minimum atomic E-state index is -0.188. The molecular weight excluding hydrogens is 386 g/mol. The summed E-state index contributed by atoms with van der Waals surface area (Å²) < 4.78 is 3.48. The number of carbonyl (C=O) groups excluding carboxylic acids is 1. The molecule has 5 rings (SSSR count). The normalized spacial score (nSPS) is 22.9. The van der Waals surface area contributed by atoms with E-state index in [1.165, 1.54) is 17.2 Å². The van der Waals surface area contributed by atoms with Crippen molar-refractivity contribution in [2.75, 3.05) is 33.7 Å². The van der Waals surface area contributed by atoms with Crippen molar-refractivity contribution in [2.45, 2.75) is 18.4 Å². The summed E-state index contributed by atoms with van der Waals surface area (Å²) in [5.41, 5.74) is 1.04. The molecule has 2 aliphatic heterocycles. The SMILES string of the molecule is CN(C)C[C@H]1[C@H]2C[C@H](CN(C(=O)c3nc(-n4cnnc4)n[nH]3)C2)c2cccc(=O)n21. The van der Waals surface area contributed by atoms with Crippen LogP contribution < -0.4 is 5.56 Å². The number of aromatic nitrogens is 7. The van der Waals surface area contributed by atoms with E-state index in [2.05, 4.69) is 30.3 Å².